The maximum Gasteiger partial charge on any atom is 0.164 e. The topological polar surface area (TPSA) is 38.1 Å². The molecule has 5 heteroatoms. The highest BCUT2D eigenvalue weighted by Gasteiger charge is 2.27. The molecule has 1 atom stereocenters. The number of carbonyl (C=O) groups is 1. The summed E-state index contributed by atoms with van der Waals surface area (Å²) in [5.41, 5.74) is 1.75. The van der Waals surface area contributed by atoms with Gasteiger partial charge in [-0.15, -0.1) is 0 Å². The molecule has 0 unspecified atom stereocenters. The van der Waals surface area contributed by atoms with Gasteiger partial charge >= 0.3 is 0 Å². The monoisotopic (exact) mass is 301 g/mol. The first-order valence-corrected chi connectivity index (χ1v) is 7.63. The molecule has 4 nitrogen and oxygen atoms in total. The number of nitrogens with zero attached hydrogens (tertiary/aromatic N) is 3. The Bertz CT molecular complexity index is 650. The number of likely N-dealkylation sites (tertiary alicyclic amines) is 1. The maximum absolute atomic E-state index is 12.9. The van der Waals surface area contributed by atoms with Crippen LogP contribution < -0.4 is 0 Å². The smallest absolute Gasteiger partial charge is 0.164 e. The van der Waals surface area contributed by atoms with Gasteiger partial charge in [-0.2, -0.15) is 5.10 Å². The van der Waals surface area contributed by atoms with Crippen molar-refractivity contribution in [2.24, 2.45) is 7.05 Å². The summed E-state index contributed by atoms with van der Waals surface area (Å²) in [4.78, 5) is 14.7. The fraction of sp³-hybridized carbons (Fsp3) is 0.412. The molecule has 0 spiro atoms. The summed E-state index contributed by atoms with van der Waals surface area (Å²) in [6.45, 7) is 1.82. The minimum Gasteiger partial charge on any atom is -0.294 e. The Balaban J connectivity index is 1.64. The Morgan fingerprint density at radius 3 is 2.77 bits per heavy atom. The third kappa shape index (κ3) is 3.25. The molecule has 0 saturated carbocycles. The number of aromatic nitrogens is 2. The van der Waals surface area contributed by atoms with Crippen LogP contribution in [0.4, 0.5) is 4.39 Å². The molecule has 1 aliphatic rings. The predicted molar refractivity (Wildman–Crippen MR) is 82.0 cm³/mol. The van der Waals surface area contributed by atoms with E-state index in [1.165, 1.54) is 12.1 Å². The van der Waals surface area contributed by atoms with Gasteiger partial charge < -0.3 is 0 Å². The molecule has 1 aromatic heterocycles. The van der Waals surface area contributed by atoms with Crippen molar-refractivity contribution in [3.63, 3.8) is 0 Å². The summed E-state index contributed by atoms with van der Waals surface area (Å²) in [7, 11) is 1.93. The van der Waals surface area contributed by atoms with Crippen LogP contribution in [-0.4, -0.2) is 33.1 Å². The third-order valence-corrected chi connectivity index (χ3v) is 4.37. The minimum absolute atomic E-state index is 0.0851. The van der Waals surface area contributed by atoms with Crippen molar-refractivity contribution in [3.8, 4) is 0 Å². The fourth-order valence-electron chi connectivity index (χ4n) is 3.07. The van der Waals surface area contributed by atoms with Crippen molar-refractivity contribution in [2.45, 2.75) is 31.8 Å². The summed E-state index contributed by atoms with van der Waals surface area (Å²) in [5, 5.41) is 4.19. The highest BCUT2D eigenvalue weighted by atomic mass is 19.1. The fourth-order valence-corrected chi connectivity index (χ4v) is 3.07. The molecule has 1 aliphatic heterocycles. The Labute approximate surface area is 129 Å². The summed E-state index contributed by atoms with van der Waals surface area (Å²) >= 11 is 0. The van der Waals surface area contributed by atoms with Crippen molar-refractivity contribution in [2.75, 3.05) is 6.54 Å². The lowest BCUT2D eigenvalue weighted by Gasteiger charge is -2.23. The second-order valence-corrected chi connectivity index (χ2v) is 5.85. The lowest BCUT2D eigenvalue weighted by atomic mass is 10.0. The van der Waals surface area contributed by atoms with E-state index in [-0.39, 0.29) is 17.6 Å². The summed E-state index contributed by atoms with van der Waals surface area (Å²) in [6, 6.07) is 8.09. The molecule has 1 aromatic carbocycles. The average molecular weight is 301 g/mol. The van der Waals surface area contributed by atoms with Crippen LogP contribution >= 0.6 is 0 Å². The zero-order valence-corrected chi connectivity index (χ0v) is 12.7. The van der Waals surface area contributed by atoms with Crippen LogP contribution in [0.25, 0.3) is 0 Å². The number of Topliss-reactive ketones (excluding diaryl/α,β-unsaturated/α-hetero) is 1. The predicted octanol–water partition coefficient (Wildman–Crippen LogP) is 2.80. The standard InChI is InChI=1S/C17H20FN3O/c1-20-16(8-9-19-20)12-21-10-2-3-15(21)11-17(22)13-4-6-14(18)7-5-13/h4-9,15H,2-3,10-12H2,1H3/t15-/m1/s1. The van der Waals surface area contributed by atoms with Crippen molar-refractivity contribution in [3.05, 3.63) is 53.6 Å². The zero-order chi connectivity index (χ0) is 15.5. The van der Waals surface area contributed by atoms with Crippen molar-refractivity contribution >= 4 is 5.78 Å². The second kappa shape index (κ2) is 6.40. The largest absolute Gasteiger partial charge is 0.294 e. The molecule has 1 saturated heterocycles. The molecule has 0 aliphatic carbocycles. The van der Waals surface area contributed by atoms with Crippen LogP contribution in [0.3, 0.4) is 0 Å². The number of benzene rings is 1. The Kier molecular flexibility index (Phi) is 4.34. The zero-order valence-electron chi connectivity index (χ0n) is 12.7. The van der Waals surface area contributed by atoms with E-state index in [4.69, 9.17) is 0 Å². The van der Waals surface area contributed by atoms with Crippen LogP contribution in [0.15, 0.2) is 36.5 Å². The first kappa shape index (κ1) is 14.9. The molecule has 3 rings (SSSR count). The van der Waals surface area contributed by atoms with Crippen molar-refractivity contribution in [1.29, 1.82) is 0 Å². The highest BCUT2D eigenvalue weighted by Crippen LogP contribution is 2.24. The quantitative estimate of drug-likeness (QED) is 0.797. The van der Waals surface area contributed by atoms with Gasteiger partial charge in [-0.3, -0.25) is 14.4 Å². The molecule has 2 aromatic rings. The van der Waals surface area contributed by atoms with Crippen LogP contribution in [0.5, 0.6) is 0 Å². The van der Waals surface area contributed by atoms with E-state index in [0.717, 1.165) is 31.6 Å². The molecule has 0 N–H and O–H groups in total. The van der Waals surface area contributed by atoms with Gasteiger partial charge in [-0.05, 0) is 49.7 Å². The molecule has 1 fully saturated rings. The van der Waals surface area contributed by atoms with Crippen LogP contribution in [-0.2, 0) is 13.6 Å². The summed E-state index contributed by atoms with van der Waals surface area (Å²) in [6.07, 6.45) is 4.43. The Morgan fingerprint density at radius 1 is 1.32 bits per heavy atom. The summed E-state index contributed by atoms with van der Waals surface area (Å²) < 4.78 is 14.8. The van der Waals surface area contributed by atoms with Crippen molar-refractivity contribution < 1.29 is 9.18 Å². The first-order chi connectivity index (χ1) is 10.6. The number of hydrogen-bond acceptors (Lipinski definition) is 3. The molecule has 22 heavy (non-hydrogen) atoms. The van der Waals surface area contributed by atoms with E-state index in [9.17, 15) is 9.18 Å². The number of ketones is 1. The molecule has 116 valence electrons. The average Bonchev–Trinajstić information content (AvgIpc) is 3.10. The normalized spacial score (nSPS) is 18.7. The summed E-state index contributed by atoms with van der Waals surface area (Å²) in [5.74, 6) is -0.225. The third-order valence-electron chi connectivity index (χ3n) is 4.37. The lowest BCUT2D eigenvalue weighted by Crippen LogP contribution is -2.31. The SMILES string of the molecule is Cn1nccc1CN1CCC[C@@H]1CC(=O)c1ccc(F)cc1. The van der Waals surface area contributed by atoms with Gasteiger partial charge in [0.1, 0.15) is 5.82 Å². The van der Waals surface area contributed by atoms with E-state index < -0.39 is 0 Å². The van der Waals surface area contributed by atoms with Crippen molar-refractivity contribution in [1.82, 2.24) is 14.7 Å². The Hall–Kier alpha value is -2.01. The van der Waals surface area contributed by atoms with Crippen LogP contribution in [0, 0.1) is 5.82 Å². The van der Waals surface area contributed by atoms with Crippen LogP contribution in [0.1, 0.15) is 35.3 Å². The van der Waals surface area contributed by atoms with Gasteiger partial charge in [0.2, 0.25) is 0 Å². The highest BCUT2D eigenvalue weighted by molar-refractivity contribution is 5.96. The number of rotatable bonds is 5. The molecular formula is C17H20FN3O. The number of carbonyl (C=O) groups excluding carboxylic acids is 1. The van der Waals surface area contributed by atoms with Gasteiger partial charge in [-0.25, -0.2) is 4.39 Å². The van der Waals surface area contributed by atoms with Gasteiger partial charge in [0.05, 0.1) is 5.69 Å². The number of halogens is 1. The first-order valence-electron chi connectivity index (χ1n) is 7.63. The lowest BCUT2D eigenvalue weighted by molar-refractivity contribution is 0.0937. The molecular weight excluding hydrogens is 281 g/mol. The van der Waals surface area contributed by atoms with E-state index >= 15 is 0 Å². The minimum atomic E-state index is -0.310. The van der Waals surface area contributed by atoms with Gasteiger partial charge in [0.15, 0.2) is 5.78 Å². The molecule has 0 radical (unpaired) electrons. The van der Waals surface area contributed by atoms with Gasteiger partial charge in [-0.1, -0.05) is 0 Å². The Morgan fingerprint density at radius 2 is 2.09 bits per heavy atom. The second-order valence-electron chi connectivity index (χ2n) is 5.85. The molecule has 0 amide bonds. The van der Waals surface area contributed by atoms with Gasteiger partial charge in [0.25, 0.3) is 0 Å². The van der Waals surface area contributed by atoms with E-state index in [0.29, 0.717) is 12.0 Å². The van der Waals surface area contributed by atoms with E-state index in [2.05, 4.69) is 10.00 Å². The number of aryl methyl sites for hydroxylation is 1. The van der Waals surface area contributed by atoms with E-state index in [1.54, 1.807) is 18.3 Å². The molecule has 2 heterocycles. The van der Waals surface area contributed by atoms with E-state index in [1.807, 2.05) is 17.8 Å². The van der Waals surface area contributed by atoms with Gasteiger partial charge in [0, 0.05) is 37.8 Å². The number of hydrogen-bond donors (Lipinski definition) is 0. The maximum atomic E-state index is 12.9. The van der Waals surface area contributed by atoms with Crippen LogP contribution in [0.2, 0.25) is 0 Å². The molecule has 0 bridgehead atoms.